The van der Waals surface area contributed by atoms with Crippen LogP contribution in [0.15, 0.2) is 30.3 Å². The van der Waals surface area contributed by atoms with Gasteiger partial charge in [0.05, 0.1) is 12.4 Å². The van der Waals surface area contributed by atoms with Crippen LogP contribution in [0, 0.1) is 0 Å². The normalized spacial score (nSPS) is 15.1. The Labute approximate surface area is 115 Å². The molecule has 4 nitrogen and oxygen atoms in total. The lowest BCUT2D eigenvalue weighted by Gasteiger charge is -2.21. The highest BCUT2D eigenvalue weighted by molar-refractivity contribution is 7.91. The van der Waals surface area contributed by atoms with E-state index in [1.54, 1.807) is 6.92 Å². The Morgan fingerprint density at radius 2 is 1.89 bits per heavy atom. The van der Waals surface area contributed by atoms with Crippen LogP contribution in [-0.4, -0.2) is 43.7 Å². The molecule has 1 aromatic carbocycles. The summed E-state index contributed by atoms with van der Waals surface area (Å²) in [6, 6.07) is 9.57. The third-order valence-corrected chi connectivity index (χ3v) is 4.90. The largest absolute Gasteiger partial charge is 0.395 e. The molecular formula is C14H23NO3S. The van der Waals surface area contributed by atoms with Crippen molar-refractivity contribution >= 4 is 9.84 Å². The minimum Gasteiger partial charge on any atom is -0.395 e. The van der Waals surface area contributed by atoms with Crippen LogP contribution in [-0.2, 0) is 16.3 Å². The molecule has 0 aromatic heterocycles. The van der Waals surface area contributed by atoms with Gasteiger partial charge in [0.2, 0.25) is 0 Å². The maximum Gasteiger partial charge on any atom is 0.151 e. The molecule has 0 aliphatic rings. The van der Waals surface area contributed by atoms with E-state index < -0.39 is 9.84 Å². The van der Waals surface area contributed by atoms with E-state index in [2.05, 4.69) is 5.32 Å². The van der Waals surface area contributed by atoms with Gasteiger partial charge in [-0.2, -0.15) is 0 Å². The molecule has 0 fully saturated rings. The number of hydrogen-bond acceptors (Lipinski definition) is 4. The third-order valence-electron chi connectivity index (χ3n) is 3.01. The number of nitrogens with one attached hydrogen (secondary N) is 1. The number of rotatable bonds is 8. The van der Waals surface area contributed by atoms with E-state index in [1.165, 1.54) is 0 Å². The molecule has 5 heteroatoms. The van der Waals surface area contributed by atoms with Crippen molar-refractivity contribution in [1.29, 1.82) is 0 Å². The van der Waals surface area contributed by atoms with Crippen molar-refractivity contribution in [2.75, 3.05) is 18.1 Å². The van der Waals surface area contributed by atoms with Gasteiger partial charge in [-0.1, -0.05) is 37.3 Å². The zero-order chi connectivity index (χ0) is 14.3. The molecule has 0 spiro atoms. The highest BCUT2D eigenvalue weighted by atomic mass is 32.2. The van der Waals surface area contributed by atoms with Gasteiger partial charge in [-0.15, -0.1) is 0 Å². The highest BCUT2D eigenvalue weighted by Gasteiger charge is 2.17. The lowest BCUT2D eigenvalue weighted by atomic mass is 10.1. The Morgan fingerprint density at radius 1 is 1.26 bits per heavy atom. The Bertz CT molecular complexity index is 459. The molecule has 0 radical (unpaired) electrons. The van der Waals surface area contributed by atoms with Gasteiger partial charge in [-0.05, 0) is 18.9 Å². The summed E-state index contributed by atoms with van der Waals surface area (Å²) in [5.74, 6) is 0.260. The van der Waals surface area contributed by atoms with Gasteiger partial charge < -0.3 is 10.4 Å². The zero-order valence-corrected chi connectivity index (χ0v) is 12.4. The minimum atomic E-state index is -2.99. The third kappa shape index (κ3) is 6.18. The first-order valence-corrected chi connectivity index (χ1v) is 8.40. The van der Waals surface area contributed by atoms with Crippen molar-refractivity contribution in [2.24, 2.45) is 0 Å². The number of sulfone groups is 1. The fourth-order valence-electron chi connectivity index (χ4n) is 2.02. The van der Waals surface area contributed by atoms with E-state index in [9.17, 15) is 13.5 Å². The van der Waals surface area contributed by atoms with E-state index in [4.69, 9.17) is 0 Å². The maximum atomic E-state index is 11.5. The number of benzene rings is 1. The highest BCUT2D eigenvalue weighted by Crippen LogP contribution is 2.04. The zero-order valence-electron chi connectivity index (χ0n) is 11.5. The van der Waals surface area contributed by atoms with Gasteiger partial charge in [-0.25, -0.2) is 8.42 Å². The molecule has 2 N–H and O–H groups in total. The predicted octanol–water partition coefficient (Wildman–Crippen LogP) is 1.00. The summed E-state index contributed by atoms with van der Waals surface area (Å²) in [5.41, 5.74) is 1.12. The summed E-state index contributed by atoms with van der Waals surface area (Å²) in [5, 5.41) is 12.6. The van der Waals surface area contributed by atoms with Gasteiger partial charge in [0.1, 0.15) is 0 Å². The van der Waals surface area contributed by atoms with Crippen molar-refractivity contribution in [3.8, 4) is 0 Å². The first kappa shape index (κ1) is 16.1. The Morgan fingerprint density at radius 3 is 2.42 bits per heavy atom. The monoisotopic (exact) mass is 285 g/mol. The molecule has 0 aliphatic heterocycles. The van der Waals surface area contributed by atoms with Crippen LogP contribution in [0.3, 0.4) is 0 Å². The van der Waals surface area contributed by atoms with Crippen LogP contribution in [0.1, 0.15) is 19.4 Å². The van der Waals surface area contributed by atoms with Crippen molar-refractivity contribution in [3.63, 3.8) is 0 Å². The van der Waals surface area contributed by atoms with E-state index >= 15 is 0 Å². The molecule has 0 amide bonds. The Kier molecular flexibility index (Phi) is 6.48. The average Bonchev–Trinajstić information content (AvgIpc) is 2.38. The molecular weight excluding hydrogens is 262 g/mol. The summed E-state index contributed by atoms with van der Waals surface area (Å²) in [6.07, 6.45) is 0.688. The lowest BCUT2D eigenvalue weighted by molar-refractivity contribution is 0.234. The summed E-state index contributed by atoms with van der Waals surface area (Å²) in [7, 11) is -2.99. The van der Waals surface area contributed by atoms with Crippen molar-refractivity contribution < 1.29 is 13.5 Å². The quantitative estimate of drug-likeness (QED) is 0.748. The van der Waals surface area contributed by atoms with Gasteiger partial charge in [-0.3, -0.25) is 0 Å². The topological polar surface area (TPSA) is 66.4 Å². The molecule has 108 valence electrons. The minimum absolute atomic E-state index is 0.00852. The van der Waals surface area contributed by atoms with E-state index in [-0.39, 0.29) is 30.2 Å². The van der Waals surface area contributed by atoms with Crippen LogP contribution in [0.25, 0.3) is 0 Å². The second kappa shape index (κ2) is 7.62. The Hall–Kier alpha value is -0.910. The number of aliphatic hydroxyl groups is 1. The van der Waals surface area contributed by atoms with Crippen LogP contribution < -0.4 is 5.32 Å². The first-order valence-electron chi connectivity index (χ1n) is 6.58. The molecule has 0 bridgehead atoms. The van der Waals surface area contributed by atoms with Gasteiger partial charge >= 0.3 is 0 Å². The van der Waals surface area contributed by atoms with Gasteiger partial charge in [0.15, 0.2) is 9.84 Å². The molecule has 0 aliphatic carbocycles. The average molecular weight is 285 g/mol. The van der Waals surface area contributed by atoms with Gasteiger partial charge in [0.25, 0.3) is 0 Å². The van der Waals surface area contributed by atoms with Crippen LogP contribution >= 0.6 is 0 Å². The van der Waals surface area contributed by atoms with Crippen molar-refractivity contribution in [1.82, 2.24) is 5.32 Å². The van der Waals surface area contributed by atoms with Crippen LogP contribution in [0.4, 0.5) is 0 Å². The molecule has 0 saturated carbocycles. The molecule has 0 saturated heterocycles. The first-order chi connectivity index (χ1) is 8.96. The van der Waals surface area contributed by atoms with Crippen molar-refractivity contribution in [2.45, 2.75) is 32.4 Å². The van der Waals surface area contributed by atoms with E-state index in [0.29, 0.717) is 6.42 Å². The summed E-state index contributed by atoms with van der Waals surface area (Å²) in [4.78, 5) is 0. The molecule has 2 atom stereocenters. The predicted molar refractivity (Wildman–Crippen MR) is 77.9 cm³/mol. The summed E-state index contributed by atoms with van der Waals surface area (Å²) < 4.78 is 23.1. The molecule has 19 heavy (non-hydrogen) atoms. The molecule has 1 rings (SSSR count). The molecule has 1 unspecified atom stereocenters. The smallest absolute Gasteiger partial charge is 0.151 e. The standard InChI is InChI=1S/C14H23NO3S/c1-3-19(17,18)11-12(2)15-14(10-16)9-13-7-5-4-6-8-13/h4-8,12,14-16H,3,9-11H2,1-2H3/t12?,14-/m1/s1. The fourth-order valence-corrected chi connectivity index (χ4v) is 3.12. The molecule has 1 aromatic rings. The van der Waals surface area contributed by atoms with E-state index in [1.807, 2.05) is 37.3 Å². The van der Waals surface area contributed by atoms with Crippen LogP contribution in [0.2, 0.25) is 0 Å². The second-order valence-electron chi connectivity index (χ2n) is 4.84. The lowest BCUT2D eigenvalue weighted by Crippen LogP contribution is -2.43. The SMILES string of the molecule is CCS(=O)(=O)CC(C)N[C@@H](CO)Cc1ccccc1. The fraction of sp³-hybridized carbons (Fsp3) is 0.571. The van der Waals surface area contributed by atoms with Gasteiger partial charge in [0, 0.05) is 17.8 Å². The number of aliphatic hydroxyl groups excluding tert-OH is 1. The maximum absolute atomic E-state index is 11.5. The number of hydrogen-bond donors (Lipinski definition) is 2. The summed E-state index contributed by atoms with van der Waals surface area (Å²) >= 11 is 0. The van der Waals surface area contributed by atoms with Crippen molar-refractivity contribution in [3.05, 3.63) is 35.9 Å². The summed E-state index contributed by atoms with van der Waals surface area (Å²) in [6.45, 7) is 3.47. The van der Waals surface area contributed by atoms with Crippen LogP contribution in [0.5, 0.6) is 0 Å². The second-order valence-corrected chi connectivity index (χ2v) is 7.23. The van der Waals surface area contributed by atoms with E-state index in [0.717, 1.165) is 5.56 Å². The molecule has 0 heterocycles. The Balaban J connectivity index is 2.53.